The van der Waals surface area contributed by atoms with E-state index < -0.39 is 0 Å². The molecule has 7 nitrogen and oxygen atoms in total. The van der Waals surface area contributed by atoms with Crippen LogP contribution in [0.3, 0.4) is 0 Å². The van der Waals surface area contributed by atoms with E-state index in [4.69, 9.17) is 0 Å². The van der Waals surface area contributed by atoms with E-state index in [2.05, 4.69) is 27.6 Å². The Morgan fingerprint density at radius 1 is 1.00 bits per heavy atom. The first kappa shape index (κ1) is 24.0. The summed E-state index contributed by atoms with van der Waals surface area (Å²) in [5.41, 5.74) is 1.48. The highest BCUT2D eigenvalue weighted by molar-refractivity contribution is 6.04. The number of aryl methyl sites for hydroxylation is 1. The van der Waals surface area contributed by atoms with Crippen molar-refractivity contribution >= 4 is 22.7 Å². The molecule has 2 amide bonds. The molecule has 1 saturated heterocycles. The van der Waals surface area contributed by atoms with Crippen LogP contribution in [-0.2, 0) is 11.3 Å². The van der Waals surface area contributed by atoms with Crippen LogP contribution in [0.4, 0.5) is 0 Å². The van der Waals surface area contributed by atoms with E-state index >= 15 is 0 Å². The maximum Gasteiger partial charge on any atom is 0.272 e. The van der Waals surface area contributed by atoms with E-state index in [9.17, 15) is 9.59 Å². The number of para-hydroxylation sites is 1. The smallest absolute Gasteiger partial charge is 0.272 e. The first-order valence-corrected chi connectivity index (χ1v) is 14.3. The molecule has 4 bridgehead atoms. The number of likely N-dealkylation sites (tertiary alicyclic amines) is 1. The summed E-state index contributed by atoms with van der Waals surface area (Å²) in [5.74, 6) is 2.67. The summed E-state index contributed by atoms with van der Waals surface area (Å²) in [6, 6.07) is 8.26. The number of nitrogens with one attached hydrogen (secondary N) is 2. The Bertz CT molecular complexity index is 1080. The Morgan fingerprint density at radius 2 is 1.67 bits per heavy atom. The number of nitrogens with zero attached hydrogens (tertiary/aromatic N) is 3. The second-order valence-corrected chi connectivity index (χ2v) is 12.1. The molecule has 5 aliphatic rings. The lowest BCUT2D eigenvalue weighted by Crippen LogP contribution is -2.56. The van der Waals surface area contributed by atoms with Crippen LogP contribution in [0.15, 0.2) is 24.3 Å². The van der Waals surface area contributed by atoms with Crippen molar-refractivity contribution in [2.45, 2.75) is 77.3 Å². The third kappa shape index (κ3) is 4.55. The first-order chi connectivity index (χ1) is 17.5. The van der Waals surface area contributed by atoms with Crippen molar-refractivity contribution in [2.75, 3.05) is 26.2 Å². The van der Waals surface area contributed by atoms with Gasteiger partial charge < -0.3 is 15.5 Å². The molecule has 0 atom stereocenters. The quantitative estimate of drug-likeness (QED) is 0.586. The maximum absolute atomic E-state index is 13.4. The van der Waals surface area contributed by atoms with Gasteiger partial charge in [0.2, 0.25) is 5.91 Å². The van der Waals surface area contributed by atoms with Crippen molar-refractivity contribution in [3.05, 3.63) is 30.0 Å². The largest absolute Gasteiger partial charge is 0.353 e. The third-order valence-corrected chi connectivity index (χ3v) is 9.46. The van der Waals surface area contributed by atoms with Crippen LogP contribution < -0.4 is 10.6 Å². The Balaban J connectivity index is 0.965. The number of hydrogen-bond donors (Lipinski definition) is 2. The van der Waals surface area contributed by atoms with Gasteiger partial charge >= 0.3 is 0 Å². The number of benzene rings is 1. The Hall–Kier alpha value is -2.41. The van der Waals surface area contributed by atoms with Gasteiger partial charge in [0.1, 0.15) is 0 Å². The van der Waals surface area contributed by atoms with Gasteiger partial charge in [0.25, 0.3) is 5.91 Å². The number of amides is 2. The molecule has 4 aliphatic carbocycles. The zero-order valence-electron chi connectivity index (χ0n) is 21.7. The maximum atomic E-state index is 13.4. The van der Waals surface area contributed by atoms with Crippen LogP contribution in [-0.4, -0.2) is 58.7 Å². The van der Waals surface area contributed by atoms with Crippen LogP contribution in [0.25, 0.3) is 10.9 Å². The van der Waals surface area contributed by atoms with Gasteiger partial charge in [-0.05, 0) is 81.6 Å². The number of carbonyl (C=O) groups excluding carboxylic acids is 2. The van der Waals surface area contributed by atoms with Crippen LogP contribution in [0.2, 0.25) is 0 Å². The molecule has 0 unspecified atom stereocenters. The zero-order valence-corrected chi connectivity index (χ0v) is 21.7. The van der Waals surface area contributed by atoms with Gasteiger partial charge in [-0.25, -0.2) is 0 Å². The van der Waals surface area contributed by atoms with Crippen molar-refractivity contribution < 1.29 is 9.59 Å². The first-order valence-electron chi connectivity index (χ1n) is 14.3. The second kappa shape index (κ2) is 9.81. The Morgan fingerprint density at radius 3 is 2.33 bits per heavy atom. The Labute approximate surface area is 214 Å². The van der Waals surface area contributed by atoms with Crippen LogP contribution >= 0.6 is 0 Å². The summed E-state index contributed by atoms with van der Waals surface area (Å²) in [4.78, 5) is 28.7. The molecule has 194 valence electrons. The van der Waals surface area contributed by atoms with Crippen LogP contribution in [0.5, 0.6) is 0 Å². The van der Waals surface area contributed by atoms with E-state index in [1.165, 1.54) is 19.3 Å². The number of rotatable bonds is 8. The molecule has 7 rings (SSSR count). The number of carbonyl (C=O) groups is 2. The van der Waals surface area contributed by atoms with Gasteiger partial charge in [0.05, 0.1) is 5.52 Å². The fourth-order valence-electron chi connectivity index (χ4n) is 8.12. The highest BCUT2D eigenvalue weighted by atomic mass is 16.2. The van der Waals surface area contributed by atoms with E-state index in [1.807, 2.05) is 28.9 Å². The fraction of sp³-hybridized carbons (Fsp3) is 0.690. The monoisotopic (exact) mass is 491 g/mol. The molecule has 1 aliphatic heterocycles. The molecule has 1 aromatic carbocycles. The average molecular weight is 492 g/mol. The SMILES string of the molecule is CCCn1nc(C(=O)NCCN2CCC(NC(=O)C34CC5CC(CC(C5)C3)C4)CC2)c2ccccc21. The van der Waals surface area contributed by atoms with E-state index in [0.29, 0.717) is 24.2 Å². The topological polar surface area (TPSA) is 79.3 Å². The van der Waals surface area contributed by atoms with Gasteiger partial charge in [-0.1, -0.05) is 25.1 Å². The highest BCUT2D eigenvalue weighted by Crippen LogP contribution is 2.60. The summed E-state index contributed by atoms with van der Waals surface area (Å²) in [7, 11) is 0. The number of fused-ring (bicyclic) bond motifs is 1. The minimum atomic E-state index is -0.0984. The van der Waals surface area contributed by atoms with Crippen LogP contribution in [0.1, 0.15) is 75.2 Å². The zero-order chi connectivity index (χ0) is 24.7. The summed E-state index contributed by atoms with van der Waals surface area (Å²) < 4.78 is 1.94. The lowest BCUT2D eigenvalue weighted by molar-refractivity contribution is -0.147. The highest BCUT2D eigenvalue weighted by Gasteiger charge is 2.54. The molecular formula is C29H41N5O2. The molecule has 1 aromatic heterocycles. The van der Waals surface area contributed by atoms with Crippen molar-refractivity contribution in [1.29, 1.82) is 0 Å². The van der Waals surface area contributed by atoms with E-state index in [-0.39, 0.29) is 11.3 Å². The number of piperidine rings is 1. The molecular weight excluding hydrogens is 450 g/mol. The van der Waals surface area contributed by atoms with Crippen molar-refractivity contribution in [3.8, 4) is 0 Å². The van der Waals surface area contributed by atoms with E-state index in [1.54, 1.807) is 0 Å². The second-order valence-electron chi connectivity index (χ2n) is 12.1. The lowest BCUT2D eigenvalue weighted by atomic mass is 9.49. The predicted octanol–water partition coefficient (Wildman–Crippen LogP) is 3.97. The minimum Gasteiger partial charge on any atom is -0.353 e. The van der Waals surface area contributed by atoms with Gasteiger partial charge in [0.15, 0.2) is 5.69 Å². The van der Waals surface area contributed by atoms with E-state index in [0.717, 1.165) is 93.4 Å². The van der Waals surface area contributed by atoms with Crippen molar-refractivity contribution in [2.24, 2.45) is 23.2 Å². The predicted molar refractivity (Wildman–Crippen MR) is 141 cm³/mol. The molecule has 0 radical (unpaired) electrons. The number of aromatic nitrogens is 2. The molecule has 4 saturated carbocycles. The molecule has 0 spiro atoms. The average Bonchev–Trinajstić information content (AvgIpc) is 3.23. The van der Waals surface area contributed by atoms with Gasteiger partial charge in [-0.3, -0.25) is 14.3 Å². The lowest BCUT2D eigenvalue weighted by Gasteiger charge is -2.56. The van der Waals surface area contributed by atoms with Crippen molar-refractivity contribution in [1.82, 2.24) is 25.3 Å². The molecule has 2 N–H and O–H groups in total. The molecule has 7 heteroatoms. The fourth-order valence-corrected chi connectivity index (χ4v) is 8.12. The normalized spacial score (nSPS) is 30.1. The van der Waals surface area contributed by atoms with Gasteiger partial charge in [-0.2, -0.15) is 5.10 Å². The third-order valence-electron chi connectivity index (χ3n) is 9.46. The molecule has 5 fully saturated rings. The Kier molecular flexibility index (Phi) is 6.53. The van der Waals surface area contributed by atoms with Crippen LogP contribution in [0, 0.1) is 23.2 Å². The molecule has 2 aromatic rings. The summed E-state index contributed by atoms with van der Waals surface area (Å²) in [5, 5.41) is 12.1. The van der Waals surface area contributed by atoms with Gasteiger partial charge in [-0.15, -0.1) is 0 Å². The van der Waals surface area contributed by atoms with Crippen molar-refractivity contribution in [3.63, 3.8) is 0 Å². The summed E-state index contributed by atoms with van der Waals surface area (Å²) in [6.45, 7) is 6.30. The number of hydrogen-bond acceptors (Lipinski definition) is 4. The molecule has 36 heavy (non-hydrogen) atoms. The summed E-state index contributed by atoms with van der Waals surface area (Å²) in [6.07, 6.45) is 10.5. The standard InChI is InChI=1S/C29H41N5O2/c1-2-10-34-25-6-4-3-5-24(25)26(32-34)27(35)30-9-13-33-11-7-23(8-12-33)31-28(36)29-17-20-14-21(18-29)16-22(15-20)19-29/h3-6,20-23H,2,7-19H2,1H3,(H,30,35)(H,31,36). The summed E-state index contributed by atoms with van der Waals surface area (Å²) >= 11 is 0. The minimum absolute atomic E-state index is 0.0511. The molecule has 2 heterocycles. The van der Waals surface area contributed by atoms with Gasteiger partial charge in [0, 0.05) is 49.6 Å².